The average Bonchev–Trinajstić information content (AvgIpc) is 3.18. The minimum Gasteiger partial charge on any atom is -0.490 e. The van der Waals surface area contributed by atoms with E-state index in [1.54, 1.807) is 26.0 Å². The summed E-state index contributed by atoms with van der Waals surface area (Å²) in [6.07, 6.45) is 5.47. The SMILES string of the molecule is CCOC(=O)COc1c(Cl)cc(/C=C(/C#N)C(=O)NC2CCCC2)cc1OCC. The van der Waals surface area contributed by atoms with E-state index in [0.717, 1.165) is 25.7 Å². The summed E-state index contributed by atoms with van der Waals surface area (Å²) in [6.45, 7) is 3.77. The number of ether oxygens (including phenoxy) is 3. The molecule has 0 bridgehead atoms. The Morgan fingerprint density at radius 3 is 2.59 bits per heavy atom. The van der Waals surface area contributed by atoms with Crippen LogP contribution in [0.1, 0.15) is 45.1 Å². The number of esters is 1. The molecule has 1 aliphatic rings. The minimum atomic E-state index is -0.523. The Hall–Kier alpha value is -2.72. The van der Waals surface area contributed by atoms with E-state index in [2.05, 4.69) is 5.32 Å². The zero-order valence-corrected chi connectivity index (χ0v) is 17.4. The standard InChI is InChI=1S/C21H25ClN2O5/c1-3-27-18-11-14(10-17(22)20(18)29-13-19(25)28-4-2)9-15(12-23)21(26)24-16-7-5-6-8-16/h9-11,16H,3-8,13H2,1-2H3,(H,24,26)/b15-9-. The van der Waals surface area contributed by atoms with Crippen molar-refractivity contribution in [1.82, 2.24) is 5.32 Å². The molecule has 1 fully saturated rings. The first-order valence-corrected chi connectivity index (χ1v) is 10.0. The first kappa shape index (κ1) is 22.6. The van der Waals surface area contributed by atoms with Crippen LogP contribution in [-0.2, 0) is 14.3 Å². The van der Waals surface area contributed by atoms with E-state index in [0.29, 0.717) is 17.9 Å². The molecule has 0 aromatic heterocycles. The molecule has 0 radical (unpaired) electrons. The smallest absolute Gasteiger partial charge is 0.344 e. The molecular weight excluding hydrogens is 396 g/mol. The third kappa shape index (κ3) is 6.68. The van der Waals surface area contributed by atoms with E-state index in [1.807, 2.05) is 6.07 Å². The van der Waals surface area contributed by atoms with Crippen LogP contribution >= 0.6 is 11.6 Å². The molecule has 1 aliphatic carbocycles. The third-order valence-corrected chi connectivity index (χ3v) is 4.62. The fraction of sp³-hybridized carbons (Fsp3) is 0.476. The van der Waals surface area contributed by atoms with Crippen molar-refractivity contribution in [3.05, 3.63) is 28.3 Å². The van der Waals surface area contributed by atoms with E-state index < -0.39 is 11.9 Å². The van der Waals surface area contributed by atoms with Crippen molar-refractivity contribution < 1.29 is 23.8 Å². The number of nitrogens with one attached hydrogen (secondary N) is 1. The summed E-state index contributed by atoms with van der Waals surface area (Å²) in [4.78, 5) is 23.9. The second-order valence-corrected chi connectivity index (χ2v) is 6.89. The van der Waals surface area contributed by atoms with Crippen molar-refractivity contribution in [2.45, 2.75) is 45.6 Å². The van der Waals surface area contributed by atoms with E-state index in [9.17, 15) is 14.9 Å². The lowest BCUT2D eigenvalue weighted by Crippen LogP contribution is -2.33. The molecule has 0 unspecified atom stereocenters. The van der Waals surface area contributed by atoms with Gasteiger partial charge in [-0.2, -0.15) is 5.26 Å². The number of hydrogen-bond acceptors (Lipinski definition) is 6. The molecule has 29 heavy (non-hydrogen) atoms. The van der Waals surface area contributed by atoms with Gasteiger partial charge >= 0.3 is 5.97 Å². The summed E-state index contributed by atoms with van der Waals surface area (Å²) in [5, 5.41) is 12.5. The predicted octanol–water partition coefficient (Wildman–Crippen LogP) is 3.65. The van der Waals surface area contributed by atoms with Crippen LogP contribution in [0.4, 0.5) is 0 Å². The van der Waals surface area contributed by atoms with Crippen LogP contribution in [0.3, 0.4) is 0 Å². The highest BCUT2D eigenvalue weighted by molar-refractivity contribution is 6.32. The Kier molecular flexibility index (Phi) is 8.81. The van der Waals surface area contributed by atoms with Crippen LogP contribution in [0.2, 0.25) is 5.02 Å². The predicted molar refractivity (Wildman–Crippen MR) is 109 cm³/mol. The lowest BCUT2D eigenvalue weighted by Gasteiger charge is -2.14. The van der Waals surface area contributed by atoms with Crippen molar-refractivity contribution in [2.24, 2.45) is 0 Å². The fourth-order valence-electron chi connectivity index (χ4n) is 3.06. The highest BCUT2D eigenvalue weighted by atomic mass is 35.5. The van der Waals surface area contributed by atoms with Gasteiger partial charge in [0.1, 0.15) is 11.6 Å². The normalized spacial score (nSPS) is 14.2. The summed E-state index contributed by atoms with van der Waals surface area (Å²) < 4.78 is 15.9. The lowest BCUT2D eigenvalue weighted by molar-refractivity contribution is -0.145. The Morgan fingerprint density at radius 2 is 1.97 bits per heavy atom. The highest BCUT2D eigenvalue weighted by Gasteiger charge is 2.20. The average molecular weight is 421 g/mol. The van der Waals surface area contributed by atoms with Gasteiger partial charge in [-0.3, -0.25) is 4.79 Å². The van der Waals surface area contributed by atoms with Crippen molar-refractivity contribution in [3.63, 3.8) is 0 Å². The van der Waals surface area contributed by atoms with E-state index in [-0.39, 0.29) is 35.6 Å². The highest BCUT2D eigenvalue weighted by Crippen LogP contribution is 2.37. The first-order valence-electron chi connectivity index (χ1n) is 9.65. The number of hydrogen-bond donors (Lipinski definition) is 1. The van der Waals surface area contributed by atoms with Gasteiger partial charge in [-0.05, 0) is 50.5 Å². The monoisotopic (exact) mass is 420 g/mol. The summed E-state index contributed by atoms with van der Waals surface area (Å²) in [7, 11) is 0. The van der Waals surface area contributed by atoms with Gasteiger partial charge in [-0.25, -0.2) is 4.79 Å². The third-order valence-electron chi connectivity index (χ3n) is 4.34. The number of amides is 1. The van der Waals surface area contributed by atoms with Crippen molar-refractivity contribution in [3.8, 4) is 17.6 Å². The van der Waals surface area contributed by atoms with Gasteiger partial charge in [-0.1, -0.05) is 24.4 Å². The molecule has 1 saturated carbocycles. The number of halogens is 1. The largest absolute Gasteiger partial charge is 0.490 e. The van der Waals surface area contributed by atoms with Gasteiger partial charge in [0.2, 0.25) is 0 Å². The van der Waals surface area contributed by atoms with Crippen molar-refractivity contribution in [2.75, 3.05) is 19.8 Å². The van der Waals surface area contributed by atoms with E-state index in [4.69, 9.17) is 25.8 Å². The van der Waals surface area contributed by atoms with Gasteiger partial charge in [0, 0.05) is 6.04 Å². The molecule has 0 aliphatic heterocycles. The van der Waals surface area contributed by atoms with Crippen molar-refractivity contribution >= 4 is 29.6 Å². The number of carbonyl (C=O) groups is 2. The summed E-state index contributed by atoms with van der Waals surface area (Å²) in [6, 6.07) is 5.20. The molecule has 0 atom stereocenters. The summed E-state index contributed by atoms with van der Waals surface area (Å²) >= 11 is 6.30. The molecule has 1 aromatic carbocycles. The Morgan fingerprint density at radius 1 is 1.24 bits per heavy atom. The maximum absolute atomic E-state index is 12.4. The molecule has 8 heteroatoms. The first-order chi connectivity index (χ1) is 14.0. The van der Waals surface area contributed by atoms with E-state index >= 15 is 0 Å². The maximum atomic E-state index is 12.4. The molecule has 0 spiro atoms. The number of nitriles is 1. The Labute approximate surface area is 175 Å². The zero-order chi connectivity index (χ0) is 21.2. The second kappa shape index (κ2) is 11.3. The van der Waals surface area contributed by atoms with Crippen LogP contribution in [0.15, 0.2) is 17.7 Å². The lowest BCUT2D eigenvalue weighted by atomic mass is 10.1. The number of nitrogens with zero attached hydrogens (tertiary/aromatic N) is 1. The Bertz CT molecular complexity index is 810. The van der Waals surface area contributed by atoms with Gasteiger partial charge in [0.25, 0.3) is 5.91 Å². The van der Waals surface area contributed by atoms with Crippen LogP contribution in [0, 0.1) is 11.3 Å². The van der Waals surface area contributed by atoms with Gasteiger partial charge in [0.05, 0.1) is 18.2 Å². The van der Waals surface area contributed by atoms with Gasteiger partial charge < -0.3 is 19.5 Å². The fourth-order valence-corrected chi connectivity index (χ4v) is 3.33. The quantitative estimate of drug-likeness (QED) is 0.372. The molecule has 7 nitrogen and oxygen atoms in total. The molecule has 0 saturated heterocycles. The minimum absolute atomic E-state index is 0.0180. The van der Waals surface area contributed by atoms with Gasteiger partial charge in [-0.15, -0.1) is 0 Å². The van der Waals surface area contributed by atoms with Crippen LogP contribution in [0.25, 0.3) is 6.08 Å². The number of carbonyl (C=O) groups excluding carboxylic acids is 2. The number of rotatable bonds is 9. The van der Waals surface area contributed by atoms with Crippen LogP contribution in [0.5, 0.6) is 11.5 Å². The summed E-state index contributed by atoms with van der Waals surface area (Å²) in [5.41, 5.74) is 0.496. The Balaban J connectivity index is 2.22. The molecule has 1 aromatic rings. The topological polar surface area (TPSA) is 97.7 Å². The van der Waals surface area contributed by atoms with Crippen LogP contribution in [-0.4, -0.2) is 37.7 Å². The molecular formula is C21H25ClN2O5. The second-order valence-electron chi connectivity index (χ2n) is 6.48. The maximum Gasteiger partial charge on any atom is 0.344 e. The van der Waals surface area contributed by atoms with Gasteiger partial charge in [0.15, 0.2) is 18.1 Å². The molecule has 1 amide bonds. The zero-order valence-electron chi connectivity index (χ0n) is 16.6. The summed E-state index contributed by atoms with van der Waals surface area (Å²) in [5.74, 6) is -0.418. The molecule has 0 heterocycles. The molecule has 2 rings (SSSR count). The molecule has 156 valence electrons. The molecule has 1 N–H and O–H groups in total. The van der Waals surface area contributed by atoms with Crippen molar-refractivity contribution in [1.29, 1.82) is 5.26 Å². The van der Waals surface area contributed by atoms with Crippen LogP contribution < -0.4 is 14.8 Å². The van der Waals surface area contributed by atoms with E-state index in [1.165, 1.54) is 6.08 Å². The number of benzene rings is 1.